The quantitative estimate of drug-likeness (QED) is 0.398. The molecule has 0 spiro atoms. The summed E-state index contributed by atoms with van der Waals surface area (Å²) in [4.78, 5) is 15.9. The molecule has 0 unspecified atom stereocenters. The molecule has 0 aliphatic rings. The molecule has 0 aliphatic heterocycles. The van der Waals surface area contributed by atoms with Gasteiger partial charge in [0, 0.05) is 18.3 Å². The first-order valence-electron chi connectivity index (χ1n) is 6.61. The Morgan fingerprint density at radius 2 is 1.90 bits per heavy atom. The van der Waals surface area contributed by atoms with Crippen molar-refractivity contribution in [2.24, 2.45) is 4.99 Å². The largest absolute Gasteiger partial charge is 0.357 e. The SMILES string of the molecule is CCNC(=NCC(=O)Nc1ccc(F)cc1)NC(C)C.I. The molecule has 0 radical (unpaired) electrons. The average Bonchev–Trinajstić information content (AvgIpc) is 2.38. The van der Waals surface area contributed by atoms with E-state index < -0.39 is 0 Å². The molecule has 21 heavy (non-hydrogen) atoms. The van der Waals surface area contributed by atoms with E-state index in [2.05, 4.69) is 20.9 Å². The van der Waals surface area contributed by atoms with Crippen LogP contribution >= 0.6 is 24.0 Å². The van der Waals surface area contributed by atoms with Gasteiger partial charge in [0.1, 0.15) is 12.4 Å². The van der Waals surface area contributed by atoms with E-state index in [0.29, 0.717) is 11.6 Å². The van der Waals surface area contributed by atoms with E-state index >= 15 is 0 Å². The van der Waals surface area contributed by atoms with Gasteiger partial charge in [-0.2, -0.15) is 0 Å². The van der Waals surface area contributed by atoms with Crippen molar-refractivity contribution in [3.63, 3.8) is 0 Å². The highest BCUT2D eigenvalue weighted by Gasteiger charge is 2.04. The van der Waals surface area contributed by atoms with Crippen molar-refractivity contribution < 1.29 is 9.18 Å². The summed E-state index contributed by atoms with van der Waals surface area (Å²) in [6.07, 6.45) is 0. The number of carbonyl (C=O) groups is 1. The molecule has 1 amide bonds. The van der Waals surface area contributed by atoms with Crippen molar-refractivity contribution in [1.82, 2.24) is 10.6 Å². The summed E-state index contributed by atoms with van der Waals surface area (Å²) in [7, 11) is 0. The Hall–Kier alpha value is -1.38. The highest BCUT2D eigenvalue weighted by Crippen LogP contribution is 2.07. The van der Waals surface area contributed by atoms with E-state index in [1.807, 2.05) is 20.8 Å². The van der Waals surface area contributed by atoms with Gasteiger partial charge in [0.15, 0.2) is 5.96 Å². The summed E-state index contributed by atoms with van der Waals surface area (Å²) < 4.78 is 12.7. The van der Waals surface area contributed by atoms with E-state index in [4.69, 9.17) is 0 Å². The standard InChI is InChI=1S/C14H21FN4O.HI/c1-4-16-14(18-10(2)3)17-9-13(20)19-12-7-5-11(15)6-8-12;/h5-8,10H,4,9H2,1-3H3,(H,19,20)(H2,16,17,18);1H. The summed E-state index contributed by atoms with van der Waals surface area (Å²) in [6.45, 7) is 6.66. The first-order chi connectivity index (χ1) is 9.51. The minimum Gasteiger partial charge on any atom is -0.357 e. The zero-order valence-corrected chi connectivity index (χ0v) is 14.8. The minimum atomic E-state index is -0.336. The Morgan fingerprint density at radius 3 is 2.43 bits per heavy atom. The van der Waals surface area contributed by atoms with Gasteiger partial charge in [-0.15, -0.1) is 24.0 Å². The lowest BCUT2D eigenvalue weighted by atomic mass is 10.3. The molecule has 0 bridgehead atoms. The van der Waals surface area contributed by atoms with Crippen LogP contribution in [0.4, 0.5) is 10.1 Å². The number of hydrogen-bond donors (Lipinski definition) is 3. The van der Waals surface area contributed by atoms with Crippen LogP contribution in [-0.4, -0.2) is 31.0 Å². The third-order valence-electron chi connectivity index (χ3n) is 2.28. The van der Waals surface area contributed by atoms with Gasteiger partial charge in [-0.05, 0) is 45.0 Å². The Kier molecular flexibility index (Phi) is 9.68. The summed E-state index contributed by atoms with van der Waals surface area (Å²) in [5, 5.41) is 8.82. The van der Waals surface area contributed by atoms with E-state index in [0.717, 1.165) is 6.54 Å². The number of aliphatic imine (C=N–C) groups is 1. The topological polar surface area (TPSA) is 65.5 Å². The number of guanidine groups is 1. The molecule has 0 fully saturated rings. The summed E-state index contributed by atoms with van der Waals surface area (Å²) in [6, 6.07) is 5.84. The van der Waals surface area contributed by atoms with E-state index in [-0.39, 0.29) is 48.3 Å². The van der Waals surface area contributed by atoms with Crippen molar-refractivity contribution >= 4 is 41.5 Å². The average molecular weight is 408 g/mol. The van der Waals surface area contributed by atoms with Crippen molar-refractivity contribution in [2.45, 2.75) is 26.8 Å². The maximum atomic E-state index is 12.7. The predicted molar refractivity (Wildman–Crippen MR) is 94.7 cm³/mol. The molecule has 1 rings (SSSR count). The summed E-state index contributed by atoms with van der Waals surface area (Å²) >= 11 is 0. The van der Waals surface area contributed by atoms with Gasteiger partial charge < -0.3 is 16.0 Å². The summed E-state index contributed by atoms with van der Waals surface area (Å²) in [5.41, 5.74) is 0.549. The predicted octanol–water partition coefficient (Wildman–Crippen LogP) is 2.35. The molecular weight excluding hydrogens is 386 g/mol. The van der Waals surface area contributed by atoms with Crippen LogP contribution in [-0.2, 0) is 4.79 Å². The van der Waals surface area contributed by atoms with Gasteiger partial charge >= 0.3 is 0 Å². The third kappa shape index (κ3) is 8.49. The number of halogens is 2. The van der Waals surface area contributed by atoms with Crippen LogP contribution in [0.15, 0.2) is 29.3 Å². The van der Waals surface area contributed by atoms with Crippen LogP contribution in [0.1, 0.15) is 20.8 Å². The van der Waals surface area contributed by atoms with Gasteiger partial charge in [-0.3, -0.25) is 4.79 Å². The lowest BCUT2D eigenvalue weighted by molar-refractivity contribution is -0.114. The van der Waals surface area contributed by atoms with Crippen LogP contribution in [0.3, 0.4) is 0 Å². The smallest absolute Gasteiger partial charge is 0.246 e. The van der Waals surface area contributed by atoms with Gasteiger partial charge in [0.2, 0.25) is 5.91 Å². The number of nitrogens with zero attached hydrogens (tertiary/aromatic N) is 1. The second-order valence-corrected chi connectivity index (χ2v) is 4.55. The molecule has 0 saturated carbocycles. The fraction of sp³-hybridized carbons (Fsp3) is 0.429. The fourth-order valence-corrected chi connectivity index (χ4v) is 1.48. The highest BCUT2D eigenvalue weighted by atomic mass is 127. The van der Waals surface area contributed by atoms with Crippen LogP contribution in [0.5, 0.6) is 0 Å². The molecule has 1 aromatic carbocycles. The van der Waals surface area contributed by atoms with Gasteiger partial charge in [0.25, 0.3) is 0 Å². The highest BCUT2D eigenvalue weighted by molar-refractivity contribution is 14.0. The lowest BCUT2D eigenvalue weighted by Gasteiger charge is -2.13. The molecule has 0 saturated heterocycles. The van der Waals surface area contributed by atoms with Crippen molar-refractivity contribution in [3.05, 3.63) is 30.1 Å². The molecule has 5 nitrogen and oxygen atoms in total. The second kappa shape index (κ2) is 10.4. The third-order valence-corrected chi connectivity index (χ3v) is 2.28. The number of amides is 1. The number of benzene rings is 1. The molecule has 0 heterocycles. The lowest BCUT2D eigenvalue weighted by Crippen LogP contribution is -2.41. The minimum absolute atomic E-state index is 0. The molecule has 3 N–H and O–H groups in total. The van der Waals surface area contributed by atoms with Crippen molar-refractivity contribution in [3.8, 4) is 0 Å². The molecule has 118 valence electrons. The number of carbonyl (C=O) groups excluding carboxylic acids is 1. The molecular formula is C14H22FIN4O. The monoisotopic (exact) mass is 408 g/mol. The van der Waals surface area contributed by atoms with Gasteiger partial charge in [0.05, 0.1) is 0 Å². The first-order valence-corrected chi connectivity index (χ1v) is 6.61. The Labute approximate surface area is 141 Å². The van der Waals surface area contributed by atoms with E-state index in [9.17, 15) is 9.18 Å². The van der Waals surface area contributed by atoms with Crippen LogP contribution in [0, 0.1) is 5.82 Å². The number of hydrogen-bond acceptors (Lipinski definition) is 2. The Balaban J connectivity index is 0.00000400. The van der Waals surface area contributed by atoms with Crippen LogP contribution < -0.4 is 16.0 Å². The summed E-state index contributed by atoms with van der Waals surface area (Å²) in [5.74, 6) is 0.00547. The number of anilines is 1. The number of nitrogens with one attached hydrogen (secondary N) is 3. The fourth-order valence-electron chi connectivity index (χ4n) is 1.48. The molecule has 7 heteroatoms. The van der Waals surface area contributed by atoms with E-state index in [1.54, 1.807) is 0 Å². The molecule has 1 aromatic rings. The van der Waals surface area contributed by atoms with Crippen LogP contribution in [0.2, 0.25) is 0 Å². The maximum Gasteiger partial charge on any atom is 0.246 e. The molecule has 0 atom stereocenters. The normalized spacial score (nSPS) is 10.8. The number of rotatable bonds is 5. The first kappa shape index (κ1) is 19.6. The second-order valence-electron chi connectivity index (χ2n) is 4.55. The van der Waals surface area contributed by atoms with Crippen molar-refractivity contribution in [2.75, 3.05) is 18.4 Å². The Morgan fingerprint density at radius 1 is 1.29 bits per heavy atom. The van der Waals surface area contributed by atoms with Gasteiger partial charge in [-0.25, -0.2) is 9.38 Å². The van der Waals surface area contributed by atoms with Crippen molar-refractivity contribution in [1.29, 1.82) is 0 Å². The maximum absolute atomic E-state index is 12.7. The zero-order valence-electron chi connectivity index (χ0n) is 12.4. The molecule has 0 aliphatic carbocycles. The van der Waals surface area contributed by atoms with E-state index in [1.165, 1.54) is 24.3 Å². The Bertz CT molecular complexity index is 463. The molecule has 0 aromatic heterocycles. The van der Waals surface area contributed by atoms with Crippen LogP contribution in [0.25, 0.3) is 0 Å². The zero-order chi connectivity index (χ0) is 15.0. The van der Waals surface area contributed by atoms with Gasteiger partial charge in [-0.1, -0.05) is 0 Å².